The maximum Gasteiger partial charge on any atom is 0.253 e. The van der Waals surface area contributed by atoms with Crippen molar-refractivity contribution in [1.29, 1.82) is 0 Å². The van der Waals surface area contributed by atoms with E-state index in [0.29, 0.717) is 46.6 Å². The Morgan fingerprint density at radius 1 is 1.11 bits per heavy atom. The van der Waals surface area contributed by atoms with Gasteiger partial charge in [0, 0.05) is 18.0 Å². The Labute approximate surface area is 169 Å². The molecular formula is C20H22Cl2N2O3. The number of nitrogens with one attached hydrogen (secondary N) is 2. The van der Waals surface area contributed by atoms with E-state index < -0.39 is 0 Å². The predicted octanol–water partition coefficient (Wildman–Crippen LogP) is 4.93. The van der Waals surface area contributed by atoms with Crippen LogP contribution in [0.3, 0.4) is 0 Å². The summed E-state index contributed by atoms with van der Waals surface area (Å²) in [5.41, 5.74) is 0.946. The van der Waals surface area contributed by atoms with Crippen molar-refractivity contribution in [3.8, 4) is 5.75 Å². The topological polar surface area (TPSA) is 67.4 Å². The average molecular weight is 409 g/mol. The molecule has 0 bridgehead atoms. The van der Waals surface area contributed by atoms with Crippen LogP contribution < -0.4 is 15.4 Å². The lowest BCUT2D eigenvalue weighted by molar-refractivity contribution is -0.116. The van der Waals surface area contributed by atoms with Crippen LogP contribution in [0.2, 0.25) is 10.0 Å². The van der Waals surface area contributed by atoms with E-state index in [2.05, 4.69) is 10.6 Å². The summed E-state index contributed by atoms with van der Waals surface area (Å²) in [6.45, 7) is 2.91. The lowest BCUT2D eigenvalue weighted by Gasteiger charge is -2.11. The molecule has 0 radical (unpaired) electrons. The molecule has 0 atom stereocenters. The van der Waals surface area contributed by atoms with E-state index in [1.54, 1.807) is 42.5 Å². The molecule has 0 fully saturated rings. The van der Waals surface area contributed by atoms with Crippen LogP contribution in [-0.4, -0.2) is 25.0 Å². The van der Waals surface area contributed by atoms with Crippen LogP contribution in [0, 0.1) is 0 Å². The highest BCUT2D eigenvalue weighted by molar-refractivity contribution is 6.35. The van der Waals surface area contributed by atoms with E-state index in [9.17, 15) is 9.59 Å². The van der Waals surface area contributed by atoms with Gasteiger partial charge in [-0.15, -0.1) is 0 Å². The van der Waals surface area contributed by atoms with Crippen LogP contribution in [0.5, 0.6) is 5.75 Å². The highest BCUT2D eigenvalue weighted by Gasteiger charge is 2.12. The molecule has 0 saturated heterocycles. The third-order valence-corrected chi connectivity index (χ3v) is 4.21. The fourth-order valence-electron chi connectivity index (χ4n) is 2.34. The van der Waals surface area contributed by atoms with Gasteiger partial charge in [0.2, 0.25) is 5.91 Å². The minimum absolute atomic E-state index is 0.184. The molecule has 7 heteroatoms. The Morgan fingerprint density at radius 3 is 2.63 bits per heavy atom. The number of anilines is 1. The van der Waals surface area contributed by atoms with Gasteiger partial charge >= 0.3 is 0 Å². The summed E-state index contributed by atoms with van der Waals surface area (Å²) in [4.78, 5) is 24.4. The Balaban J connectivity index is 1.83. The van der Waals surface area contributed by atoms with Crippen LogP contribution >= 0.6 is 23.2 Å². The molecule has 2 aromatic carbocycles. The van der Waals surface area contributed by atoms with E-state index in [4.69, 9.17) is 27.9 Å². The zero-order valence-electron chi connectivity index (χ0n) is 15.1. The summed E-state index contributed by atoms with van der Waals surface area (Å²) >= 11 is 11.9. The van der Waals surface area contributed by atoms with Gasteiger partial charge < -0.3 is 15.4 Å². The zero-order chi connectivity index (χ0) is 19.6. The summed E-state index contributed by atoms with van der Waals surface area (Å²) in [6, 6.07) is 11.9. The molecule has 2 N–H and O–H groups in total. The van der Waals surface area contributed by atoms with Crippen LogP contribution in [0.25, 0.3) is 0 Å². The van der Waals surface area contributed by atoms with Gasteiger partial charge in [0.05, 0.1) is 22.9 Å². The monoisotopic (exact) mass is 408 g/mol. The second-order valence-corrected chi connectivity index (χ2v) is 6.72. The molecule has 0 spiro atoms. The van der Waals surface area contributed by atoms with Crippen molar-refractivity contribution in [2.45, 2.75) is 26.2 Å². The summed E-state index contributed by atoms with van der Waals surface area (Å²) in [6.07, 6.45) is 1.61. The van der Waals surface area contributed by atoms with E-state index in [-0.39, 0.29) is 18.2 Å². The highest BCUT2D eigenvalue weighted by Crippen LogP contribution is 2.27. The number of halogens is 2. The molecule has 2 amide bonds. The molecule has 0 aromatic heterocycles. The van der Waals surface area contributed by atoms with Gasteiger partial charge in [0.1, 0.15) is 5.75 Å². The maximum atomic E-state index is 12.2. The fraction of sp³-hybridized carbons (Fsp3) is 0.300. The van der Waals surface area contributed by atoms with Gasteiger partial charge in [0.15, 0.2) is 0 Å². The number of benzene rings is 2. The summed E-state index contributed by atoms with van der Waals surface area (Å²) in [7, 11) is 0. The van der Waals surface area contributed by atoms with Crippen molar-refractivity contribution in [2.75, 3.05) is 18.5 Å². The molecule has 0 aliphatic heterocycles. The largest absolute Gasteiger partial charge is 0.492 e. The first-order chi connectivity index (χ1) is 13.0. The quantitative estimate of drug-likeness (QED) is 0.577. The van der Waals surface area contributed by atoms with Crippen molar-refractivity contribution < 1.29 is 14.3 Å². The normalized spacial score (nSPS) is 10.3. The van der Waals surface area contributed by atoms with Crippen molar-refractivity contribution in [2.24, 2.45) is 0 Å². The molecule has 0 aliphatic rings. The first-order valence-corrected chi connectivity index (χ1v) is 9.51. The van der Waals surface area contributed by atoms with Gasteiger partial charge in [0.25, 0.3) is 5.91 Å². The van der Waals surface area contributed by atoms with Crippen molar-refractivity contribution in [3.05, 3.63) is 58.1 Å². The van der Waals surface area contributed by atoms with Crippen molar-refractivity contribution >= 4 is 40.7 Å². The number of amides is 2. The molecule has 2 rings (SSSR count). The molecule has 5 nitrogen and oxygen atoms in total. The number of carbonyl (C=O) groups is 2. The van der Waals surface area contributed by atoms with Crippen molar-refractivity contribution in [3.63, 3.8) is 0 Å². The third kappa shape index (κ3) is 6.77. The SMILES string of the molecule is CCCNC(=O)c1ccccc1NC(=O)CCCOc1ccc(Cl)cc1Cl. The van der Waals surface area contributed by atoms with Crippen LogP contribution in [-0.2, 0) is 4.79 Å². The van der Waals surface area contributed by atoms with Crippen LogP contribution in [0.15, 0.2) is 42.5 Å². The Morgan fingerprint density at radius 2 is 1.89 bits per heavy atom. The molecule has 0 heterocycles. The van der Waals surface area contributed by atoms with Gasteiger partial charge in [-0.05, 0) is 43.2 Å². The maximum absolute atomic E-state index is 12.2. The fourth-order valence-corrected chi connectivity index (χ4v) is 2.81. The van der Waals surface area contributed by atoms with Gasteiger partial charge in [-0.3, -0.25) is 9.59 Å². The smallest absolute Gasteiger partial charge is 0.253 e. The number of carbonyl (C=O) groups excluding carboxylic acids is 2. The lowest BCUT2D eigenvalue weighted by atomic mass is 10.1. The Kier molecular flexibility index (Phi) is 8.43. The van der Waals surface area contributed by atoms with Crippen LogP contribution in [0.4, 0.5) is 5.69 Å². The minimum atomic E-state index is -0.200. The molecular weight excluding hydrogens is 387 g/mol. The van der Waals surface area contributed by atoms with E-state index in [1.165, 1.54) is 0 Å². The van der Waals surface area contributed by atoms with Crippen LogP contribution in [0.1, 0.15) is 36.5 Å². The first-order valence-electron chi connectivity index (χ1n) is 8.76. The van der Waals surface area contributed by atoms with E-state index in [0.717, 1.165) is 6.42 Å². The lowest BCUT2D eigenvalue weighted by Crippen LogP contribution is -2.25. The first kappa shape index (κ1) is 21.1. The second kappa shape index (κ2) is 10.8. The van der Waals surface area contributed by atoms with E-state index >= 15 is 0 Å². The van der Waals surface area contributed by atoms with Gasteiger partial charge in [-0.25, -0.2) is 0 Å². The molecule has 144 valence electrons. The Hall–Kier alpha value is -2.24. The zero-order valence-corrected chi connectivity index (χ0v) is 16.6. The number of rotatable bonds is 9. The Bertz CT molecular complexity index is 797. The van der Waals surface area contributed by atoms with Gasteiger partial charge in [-0.1, -0.05) is 42.3 Å². The third-order valence-electron chi connectivity index (χ3n) is 3.68. The average Bonchev–Trinajstić information content (AvgIpc) is 2.65. The number of hydrogen-bond acceptors (Lipinski definition) is 3. The van der Waals surface area contributed by atoms with Gasteiger partial charge in [-0.2, -0.15) is 0 Å². The number of hydrogen-bond donors (Lipinski definition) is 2. The summed E-state index contributed by atoms with van der Waals surface area (Å²) in [5, 5.41) is 6.56. The molecule has 27 heavy (non-hydrogen) atoms. The molecule has 0 unspecified atom stereocenters. The predicted molar refractivity (Wildman–Crippen MR) is 109 cm³/mol. The number of ether oxygens (including phenoxy) is 1. The molecule has 0 aliphatic carbocycles. The second-order valence-electron chi connectivity index (χ2n) is 5.88. The standard InChI is InChI=1S/C20H22Cl2N2O3/c1-2-11-23-20(26)15-6-3-4-7-17(15)24-19(25)8-5-12-27-18-10-9-14(21)13-16(18)22/h3-4,6-7,9-10,13H,2,5,8,11-12H2,1H3,(H,23,26)(H,24,25). The summed E-state index contributed by atoms with van der Waals surface area (Å²) < 4.78 is 5.56. The molecule has 0 saturated carbocycles. The highest BCUT2D eigenvalue weighted by atomic mass is 35.5. The van der Waals surface area contributed by atoms with Crippen molar-refractivity contribution in [1.82, 2.24) is 5.32 Å². The minimum Gasteiger partial charge on any atom is -0.492 e. The number of para-hydroxylation sites is 1. The van der Waals surface area contributed by atoms with E-state index in [1.807, 2.05) is 6.92 Å². The molecule has 2 aromatic rings. The summed E-state index contributed by atoms with van der Waals surface area (Å²) in [5.74, 6) is 0.143.